The van der Waals surface area contributed by atoms with Gasteiger partial charge in [-0.25, -0.2) is 0 Å². The molecule has 35 heavy (non-hydrogen) atoms. The van der Waals surface area contributed by atoms with E-state index in [-0.39, 0.29) is 0 Å². The average molecular weight is 452 g/mol. The molecule has 6 rings (SSSR count). The van der Waals surface area contributed by atoms with Gasteiger partial charge in [-0.05, 0) is 77.5 Å². The maximum Gasteiger partial charge on any atom is 0.0618 e. The van der Waals surface area contributed by atoms with Crippen molar-refractivity contribution in [1.82, 2.24) is 0 Å². The number of hydrogen-bond donors (Lipinski definition) is 2. The Bertz CT molecular complexity index is 1550. The molecule has 3 heteroatoms. The third-order valence-corrected chi connectivity index (χ3v) is 6.31. The summed E-state index contributed by atoms with van der Waals surface area (Å²) in [4.78, 5) is 2.36. The van der Waals surface area contributed by atoms with Gasteiger partial charge in [0.1, 0.15) is 0 Å². The number of para-hydroxylation sites is 1. The van der Waals surface area contributed by atoms with Gasteiger partial charge in [-0.1, -0.05) is 66.7 Å². The van der Waals surface area contributed by atoms with E-state index in [1.54, 1.807) is 0 Å². The van der Waals surface area contributed by atoms with Gasteiger partial charge in [0.05, 0.1) is 5.69 Å². The first-order valence-corrected chi connectivity index (χ1v) is 11.7. The highest BCUT2D eigenvalue weighted by Crippen LogP contribution is 2.43. The van der Waals surface area contributed by atoms with Crippen LogP contribution in [0.15, 0.2) is 133 Å². The van der Waals surface area contributed by atoms with Gasteiger partial charge < -0.3 is 16.0 Å². The monoisotopic (exact) mass is 451 g/mol. The summed E-state index contributed by atoms with van der Waals surface area (Å²) in [6.07, 6.45) is 0. The van der Waals surface area contributed by atoms with Gasteiger partial charge in [0.25, 0.3) is 0 Å². The Morgan fingerprint density at radius 2 is 0.971 bits per heavy atom. The lowest BCUT2D eigenvalue weighted by Gasteiger charge is -2.28. The molecular weight excluding hydrogens is 426 g/mol. The zero-order valence-electron chi connectivity index (χ0n) is 19.2. The summed E-state index contributed by atoms with van der Waals surface area (Å²) in [6.45, 7) is 0. The van der Waals surface area contributed by atoms with Crippen LogP contribution in [0.5, 0.6) is 0 Å². The predicted molar refractivity (Wildman–Crippen MR) is 150 cm³/mol. The van der Waals surface area contributed by atoms with Gasteiger partial charge in [0.2, 0.25) is 0 Å². The number of nitrogen functional groups attached to an aromatic ring is 1. The van der Waals surface area contributed by atoms with Crippen LogP contribution < -0.4 is 16.0 Å². The lowest BCUT2D eigenvalue weighted by atomic mass is 9.99. The molecule has 0 bridgehead atoms. The summed E-state index contributed by atoms with van der Waals surface area (Å²) in [5.41, 5.74) is 12.0. The fraction of sp³-hybridized carbons (Fsp3) is 0. The SMILES string of the molecule is Nc1ccc(Nc2ccc(N(c3ccccc3)c3c4ccccc4cc4ccccc34)cc2)cc1. The summed E-state index contributed by atoms with van der Waals surface area (Å²) in [5, 5.41) is 8.36. The molecule has 0 saturated heterocycles. The average Bonchev–Trinajstić information content (AvgIpc) is 2.91. The fourth-order valence-electron chi connectivity index (χ4n) is 4.64. The van der Waals surface area contributed by atoms with Crippen LogP contribution in [0.2, 0.25) is 0 Å². The molecular formula is C32H25N3. The van der Waals surface area contributed by atoms with E-state index in [0.717, 1.165) is 28.4 Å². The number of nitrogens with one attached hydrogen (secondary N) is 1. The molecule has 0 atom stereocenters. The van der Waals surface area contributed by atoms with E-state index in [2.05, 4.69) is 119 Å². The molecule has 168 valence electrons. The standard InChI is InChI=1S/C32H25N3/c33-25-14-16-26(17-15-25)34-27-18-20-29(21-19-27)35(28-10-2-1-3-11-28)32-30-12-6-4-8-23(30)22-24-9-5-7-13-31(24)32/h1-22,34H,33H2. The summed E-state index contributed by atoms with van der Waals surface area (Å²) in [7, 11) is 0. The first-order chi connectivity index (χ1) is 17.3. The highest BCUT2D eigenvalue weighted by molar-refractivity contribution is 6.14. The number of fused-ring (bicyclic) bond motifs is 2. The van der Waals surface area contributed by atoms with Crippen LogP contribution in [0.1, 0.15) is 0 Å². The smallest absolute Gasteiger partial charge is 0.0618 e. The molecule has 0 spiro atoms. The van der Waals surface area contributed by atoms with Gasteiger partial charge in [-0.15, -0.1) is 0 Å². The maximum atomic E-state index is 5.83. The molecule has 0 aliphatic carbocycles. The molecule has 3 nitrogen and oxygen atoms in total. The molecule has 0 radical (unpaired) electrons. The molecule has 0 saturated carbocycles. The topological polar surface area (TPSA) is 41.3 Å². The molecule has 0 aliphatic rings. The number of anilines is 6. The molecule has 6 aromatic rings. The zero-order chi connectivity index (χ0) is 23.6. The Morgan fingerprint density at radius 3 is 1.57 bits per heavy atom. The Hall–Kier alpha value is -4.76. The summed E-state index contributed by atoms with van der Waals surface area (Å²) >= 11 is 0. The second kappa shape index (κ2) is 8.88. The highest BCUT2D eigenvalue weighted by Gasteiger charge is 2.18. The second-order valence-corrected chi connectivity index (χ2v) is 8.63. The van der Waals surface area contributed by atoms with Gasteiger partial charge in [-0.3, -0.25) is 0 Å². The van der Waals surface area contributed by atoms with Crippen LogP contribution in [-0.2, 0) is 0 Å². The van der Waals surface area contributed by atoms with Gasteiger partial charge in [0, 0.05) is 39.2 Å². The lowest BCUT2D eigenvalue weighted by Crippen LogP contribution is -2.11. The van der Waals surface area contributed by atoms with Crippen molar-refractivity contribution in [2.75, 3.05) is 16.0 Å². The van der Waals surface area contributed by atoms with Crippen LogP contribution in [-0.4, -0.2) is 0 Å². The molecule has 0 fully saturated rings. The lowest BCUT2D eigenvalue weighted by molar-refractivity contribution is 1.31. The highest BCUT2D eigenvalue weighted by atomic mass is 15.1. The fourth-order valence-corrected chi connectivity index (χ4v) is 4.64. The summed E-state index contributed by atoms with van der Waals surface area (Å²) < 4.78 is 0. The van der Waals surface area contributed by atoms with Crippen molar-refractivity contribution in [3.63, 3.8) is 0 Å². The minimum atomic E-state index is 0.756. The van der Waals surface area contributed by atoms with Crippen LogP contribution >= 0.6 is 0 Å². The first-order valence-electron chi connectivity index (χ1n) is 11.7. The van der Waals surface area contributed by atoms with Crippen LogP contribution in [0.4, 0.5) is 34.1 Å². The number of rotatable bonds is 5. The Labute approximate surface area is 205 Å². The third-order valence-electron chi connectivity index (χ3n) is 6.31. The largest absolute Gasteiger partial charge is 0.399 e. The number of benzene rings is 6. The number of nitrogens with zero attached hydrogens (tertiary/aromatic N) is 1. The van der Waals surface area contributed by atoms with E-state index in [1.165, 1.54) is 27.2 Å². The van der Waals surface area contributed by atoms with Crippen LogP contribution in [0.3, 0.4) is 0 Å². The van der Waals surface area contributed by atoms with Crippen molar-refractivity contribution in [1.29, 1.82) is 0 Å². The van der Waals surface area contributed by atoms with Crippen molar-refractivity contribution >= 4 is 55.7 Å². The van der Waals surface area contributed by atoms with E-state index in [9.17, 15) is 0 Å². The minimum absolute atomic E-state index is 0.756. The van der Waals surface area contributed by atoms with Crippen molar-refractivity contribution in [3.8, 4) is 0 Å². The normalized spacial score (nSPS) is 11.0. The molecule has 0 aliphatic heterocycles. The summed E-state index contributed by atoms with van der Waals surface area (Å²) in [6, 6.07) is 46.4. The van der Waals surface area contributed by atoms with Gasteiger partial charge in [-0.2, -0.15) is 0 Å². The Morgan fingerprint density at radius 1 is 0.486 bits per heavy atom. The molecule has 0 aromatic heterocycles. The van der Waals surface area contributed by atoms with E-state index in [4.69, 9.17) is 5.73 Å². The van der Waals surface area contributed by atoms with Gasteiger partial charge in [0.15, 0.2) is 0 Å². The molecule has 3 N–H and O–H groups in total. The quantitative estimate of drug-likeness (QED) is 0.203. The predicted octanol–water partition coefficient (Wildman–Crippen LogP) is 8.79. The van der Waals surface area contributed by atoms with Crippen LogP contribution in [0, 0.1) is 0 Å². The van der Waals surface area contributed by atoms with Crippen LogP contribution in [0.25, 0.3) is 21.5 Å². The molecule has 0 heterocycles. The summed E-state index contributed by atoms with van der Waals surface area (Å²) in [5.74, 6) is 0. The molecule has 0 unspecified atom stereocenters. The Kier molecular flexibility index (Phi) is 5.28. The number of hydrogen-bond acceptors (Lipinski definition) is 3. The van der Waals surface area contributed by atoms with Gasteiger partial charge >= 0.3 is 0 Å². The first kappa shape index (κ1) is 20.8. The number of nitrogens with two attached hydrogens (primary N) is 1. The van der Waals surface area contributed by atoms with E-state index >= 15 is 0 Å². The second-order valence-electron chi connectivity index (χ2n) is 8.63. The molecule has 6 aromatic carbocycles. The van der Waals surface area contributed by atoms with E-state index < -0.39 is 0 Å². The maximum absolute atomic E-state index is 5.83. The van der Waals surface area contributed by atoms with Crippen molar-refractivity contribution in [2.45, 2.75) is 0 Å². The van der Waals surface area contributed by atoms with E-state index in [1.807, 2.05) is 24.3 Å². The van der Waals surface area contributed by atoms with E-state index in [0.29, 0.717) is 0 Å². The van der Waals surface area contributed by atoms with Crippen molar-refractivity contribution in [2.24, 2.45) is 0 Å². The molecule has 0 amide bonds. The zero-order valence-corrected chi connectivity index (χ0v) is 19.2. The van der Waals surface area contributed by atoms with Crippen molar-refractivity contribution < 1.29 is 0 Å². The third kappa shape index (κ3) is 4.04. The minimum Gasteiger partial charge on any atom is -0.399 e. The van der Waals surface area contributed by atoms with Crippen molar-refractivity contribution in [3.05, 3.63) is 133 Å². The Balaban J connectivity index is 1.51.